The molecule has 7 nitrogen and oxygen atoms in total. The van der Waals surface area contributed by atoms with E-state index in [-0.39, 0.29) is 53.8 Å². The monoisotopic (exact) mass is 430 g/mol. The first kappa shape index (κ1) is 21.5. The van der Waals surface area contributed by atoms with Crippen LogP contribution in [-0.4, -0.2) is 36.7 Å². The number of para-hydroxylation sites is 1. The molecule has 3 aromatic rings. The summed E-state index contributed by atoms with van der Waals surface area (Å²) in [5.74, 6) is -0.848. The summed E-state index contributed by atoms with van der Waals surface area (Å²) in [6.45, 7) is 1.81. The van der Waals surface area contributed by atoms with E-state index in [2.05, 4.69) is 0 Å². The Morgan fingerprint density at radius 3 is 2.67 bits per heavy atom. The van der Waals surface area contributed by atoms with Crippen LogP contribution in [-0.2, 0) is 16.0 Å². The summed E-state index contributed by atoms with van der Waals surface area (Å²) in [6, 6.07) is 11.3. The number of aryl methyl sites for hydroxylation is 1. The van der Waals surface area contributed by atoms with Gasteiger partial charge in [0.15, 0.2) is 16.8 Å². The molecule has 30 heavy (non-hydrogen) atoms. The molecule has 0 atom stereocenters. The quantitative estimate of drug-likeness (QED) is 0.408. The van der Waals surface area contributed by atoms with E-state index in [0.717, 1.165) is 11.1 Å². The molecule has 0 aliphatic rings. The van der Waals surface area contributed by atoms with Crippen LogP contribution in [0.15, 0.2) is 51.7 Å². The molecule has 0 saturated heterocycles. The van der Waals surface area contributed by atoms with Crippen LogP contribution in [0.4, 0.5) is 0 Å². The minimum absolute atomic E-state index is 0.0455. The van der Waals surface area contributed by atoms with Gasteiger partial charge in [0.05, 0.1) is 17.0 Å². The number of aliphatic carboxylic acids is 1. The van der Waals surface area contributed by atoms with Crippen LogP contribution in [0.25, 0.3) is 11.0 Å². The minimum atomic E-state index is -1.04. The van der Waals surface area contributed by atoms with Gasteiger partial charge in [0.2, 0.25) is 5.78 Å². The van der Waals surface area contributed by atoms with Crippen molar-refractivity contribution in [1.82, 2.24) is 0 Å². The Kier molecular flexibility index (Phi) is 6.87. The molecule has 0 amide bonds. The van der Waals surface area contributed by atoms with Gasteiger partial charge in [-0.05, 0) is 42.3 Å². The molecule has 2 aromatic carbocycles. The van der Waals surface area contributed by atoms with E-state index in [1.54, 1.807) is 36.4 Å². The SMILES string of the molecule is Cc1cc(OCCOCC(=O)O)ccc1CC(=O)c1cc(=O)c2cccc(Cl)c2o1. The number of benzene rings is 2. The number of Topliss-reactive ketones (excluding diaryl/α,β-unsaturated/α-hetero) is 1. The second-order valence-corrected chi connectivity index (χ2v) is 6.98. The van der Waals surface area contributed by atoms with E-state index in [1.807, 2.05) is 6.92 Å². The number of hydrogen-bond donors (Lipinski definition) is 1. The first-order valence-electron chi connectivity index (χ1n) is 9.12. The van der Waals surface area contributed by atoms with Gasteiger partial charge in [0.25, 0.3) is 0 Å². The number of carboxylic acid groups (broad SMARTS) is 1. The zero-order chi connectivity index (χ0) is 21.7. The largest absolute Gasteiger partial charge is 0.491 e. The standard InChI is InChI=1S/C22H19ClO7/c1-13-9-15(29-8-7-28-12-21(26)27)6-5-14(13)10-19(25)20-11-18(24)16-3-2-4-17(23)22(16)30-20/h2-6,9,11H,7-8,10,12H2,1H3,(H,26,27). The Hall–Kier alpha value is -3.16. The van der Waals surface area contributed by atoms with Crippen LogP contribution in [0.3, 0.4) is 0 Å². The summed E-state index contributed by atoms with van der Waals surface area (Å²) in [7, 11) is 0. The molecule has 8 heteroatoms. The fourth-order valence-corrected chi connectivity index (χ4v) is 3.09. The van der Waals surface area contributed by atoms with Crippen molar-refractivity contribution in [2.75, 3.05) is 19.8 Å². The van der Waals surface area contributed by atoms with Gasteiger partial charge >= 0.3 is 5.97 Å². The summed E-state index contributed by atoms with van der Waals surface area (Å²) in [5, 5.41) is 9.10. The smallest absolute Gasteiger partial charge is 0.329 e. The maximum atomic E-state index is 12.7. The molecule has 1 aromatic heterocycles. The summed E-state index contributed by atoms with van der Waals surface area (Å²) in [6.07, 6.45) is 0.0483. The first-order valence-corrected chi connectivity index (χ1v) is 9.50. The number of rotatable bonds is 9. The fourth-order valence-electron chi connectivity index (χ4n) is 2.87. The van der Waals surface area contributed by atoms with Crippen molar-refractivity contribution in [2.45, 2.75) is 13.3 Å². The van der Waals surface area contributed by atoms with E-state index in [0.29, 0.717) is 11.1 Å². The lowest BCUT2D eigenvalue weighted by molar-refractivity contribution is -0.142. The van der Waals surface area contributed by atoms with Crippen LogP contribution in [0, 0.1) is 6.92 Å². The normalized spacial score (nSPS) is 10.9. The lowest BCUT2D eigenvalue weighted by Crippen LogP contribution is -2.13. The van der Waals surface area contributed by atoms with E-state index >= 15 is 0 Å². The number of fused-ring (bicyclic) bond motifs is 1. The topological polar surface area (TPSA) is 103 Å². The molecule has 0 saturated carbocycles. The van der Waals surface area contributed by atoms with Gasteiger partial charge < -0.3 is 19.0 Å². The van der Waals surface area contributed by atoms with Gasteiger partial charge in [0.1, 0.15) is 19.0 Å². The average Bonchev–Trinajstić information content (AvgIpc) is 2.70. The summed E-state index contributed by atoms with van der Waals surface area (Å²) >= 11 is 6.09. The Labute approximate surface area is 176 Å². The third-order valence-corrected chi connectivity index (χ3v) is 4.67. The number of hydrogen-bond acceptors (Lipinski definition) is 6. The molecule has 0 unspecified atom stereocenters. The molecular formula is C22H19ClO7. The van der Waals surface area contributed by atoms with Crippen LogP contribution >= 0.6 is 11.6 Å². The second-order valence-electron chi connectivity index (χ2n) is 6.57. The Morgan fingerprint density at radius 1 is 1.13 bits per heavy atom. The summed E-state index contributed by atoms with van der Waals surface area (Å²) < 4.78 is 16.0. The van der Waals surface area contributed by atoms with Crippen molar-refractivity contribution < 1.29 is 28.6 Å². The molecule has 0 bridgehead atoms. The van der Waals surface area contributed by atoms with Gasteiger partial charge in [-0.25, -0.2) is 4.79 Å². The van der Waals surface area contributed by atoms with Crippen molar-refractivity contribution in [3.05, 3.63) is 74.6 Å². The molecule has 3 rings (SSSR count). The van der Waals surface area contributed by atoms with Gasteiger partial charge in [0, 0.05) is 12.5 Å². The molecule has 0 aliphatic carbocycles. The molecule has 156 valence electrons. The maximum Gasteiger partial charge on any atom is 0.329 e. The van der Waals surface area contributed by atoms with Crippen molar-refractivity contribution in [3.8, 4) is 5.75 Å². The molecule has 0 radical (unpaired) electrons. The van der Waals surface area contributed by atoms with Crippen LogP contribution in [0.1, 0.15) is 21.7 Å². The van der Waals surface area contributed by atoms with E-state index in [1.165, 1.54) is 6.07 Å². The number of carboxylic acids is 1. The van der Waals surface area contributed by atoms with Gasteiger partial charge in [-0.2, -0.15) is 0 Å². The Balaban J connectivity index is 1.68. The molecular weight excluding hydrogens is 412 g/mol. The van der Waals surface area contributed by atoms with E-state index in [9.17, 15) is 14.4 Å². The van der Waals surface area contributed by atoms with Crippen LogP contribution in [0.2, 0.25) is 5.02 Å². The lowest BCUT2D eigenvalue weighted by Gasteiger charge is -2.10. The molecule has 1 N–H and O–H groups in total. The van der Waals surface area contributed by atoms with Gasteiger partial charge in [-0.1, -0.05) is 23.7 Å². The van der Waals surface area contributed by atoms with E-state index < -0.39 is 5.97 Å². The number of ketones is 1. The van der Waals surface area contributed by atoms with Crippen LogP contribution in [0.5, 0.6) is 5.75 Å². The minimum Gasteiger partial charge on any atom is -0.491 e. The van der Waals surface area contributed by atoms with Crippen molar-refractivity contribution >= 4 is 34.3 Å². The Bertz CT molecular complexity index is 1150. The maximum absolute atomic E-state index is 12.7. The average molecular weight is 431 g/mol. The molecule has 0 fully saturated rings. The number of carbonyl (C=O) groups excluding carboxylic acids is 1. The first-order chi connectivity index (χ1) is 14.3. The third-order valence-electron chi connectivity index (χ3n) is 4.37. The van der Waals surface area contributed by atoms with Crippen molar-refractivity contribution in [1.29, 1.82) is 0 Å². The Morgan fingerprint density at radius 2 is 1.93 bits per heavy atom. The molecule has 0 spiro atoms. The fraction of sp³-hybridized carbons (Fsp3) is 0.227. The zero-order valence-corrected chi connectivity index (χ0v) is 16.9. The summed E-state index contributed by atoms with van der Waals surface area (Å²) in [5.41, 5.74) is 1.46. The zero-order valence-electron chi connectivity index (χ0n) is 16.1. The second kappa shape index (κ2) is 9.56. The predicted molar refractivity (Wildman–Crippen MR) is 111 cm³/mol. The molecule has 0 aliphatic heterocycles. The van der Waals surface area contributed by atoms with Gasteiger partial charge in [-0.3, -0.25) is 9.59 Å². The van der Waals surface area contributed by atoms with Crippen molar-refractivity contribution in [2.24, 2.45) is 0 Å². The highest BCUT2D eigenvalue weighted by atomic mass is 35.5. The highest BCUT2D eigenvalue weighted by Crippen LogP contribution is 2.23. The highest BCUT2D eigenvalue weighted by Gasteiger charge is 2.16. The van der Waals surface area contributed by atoms with Gasteiger partial charge in [-0.15, -0.1) is 0 Å². The number of carbonyl (C=O) groups is 2. The molecule has 1 heterocycles. The predicted octanol–water partition coefficient (Wildman–Crippen LogP) is 3.66. The lowest BCUT2D eigenvalue weighted by atomic mass is 10.0. The van der Waals surface area contributed by atoms with E-state index in [4.69, 9.17) is 30.6 Å². The van der Waals surface area contributed by atoms with Crippen molar-refractivity contribution in [3.63, 3.8) is 0 Å². The number of halogens is 1. The third kappa shape index (κ3) is 5.25. The highest BCUT2D eigenvalue weighted by molar-refractivity contribution is 6.34. The number of ether oxygens (including phenoxy) is 2. The summed E-state index contributed by atoms with van der Waals surface area (Å²) in [4.78, 5) is 35.3. The van der Waals surface area contributed by atoms with Crippen LogP contribution < -0.4 is 10.2 Å².